The third kappa shape index (κ3) is 1.21. The Labute approximate surface area is 81.8 Å². The van der Waals surface area contributed by atoms with E-state index in [1.807, 2.05) is 18.3 Å². The second-order valence-electron chi connectivity index (χ2n) is 4.15. The summed E-state index contributed by atoms with van der Waals surface area (Å²) in [6, 6.07) is 6.09. The van der Waals surface area contributed by atoms with Gasteiger partial charge in [-0.3, -0.25) is 5.10 Å². The molecule has 0 aliphatic heterocycles. The highest BCUT2D eigenvalue weighted by molar-refractivity contribution is 5.81. The van der Waals surface area contributed by atoms with Crippen LogP contribution in [0.4, 0.5) is 0 Å². The minimum atomic E-state index is -0.431. The Bertz CT molecular complexity index is 471. The summed E-state index contributed by atoms with van der Waals surface area (Å²) in [4.78, 5) is 0. The van der Waals surface area contributed by atoms with E-state index in [2.05, 4.69) is 16.3 Å². The first kappa shape index (κ1) is 8.00. The molecule has 3 nitrogen and oxygen atoms in total. The summed E-state index contributed by atoms with van der Waals surface area (Å²) < 4.78 is 0. The van der Waals surface area contributed by atoms with Crippen molar-refractivity contribution in [1.29, 1.82) is 0 Å². The first-order valence-corrected chi connectivity index (χ1v) is 4.90. The Hall–Kier alpha value is -1.35. The fourth-order valence-corrected chi connectivity index (χ4v) is 1.85. The van der Waals surface area contributed by atoms with E-state index in [1.165, 1.54) is 5.56 Å². The van der Waals surface area contributed by atoms with Crippen LogP contribution >= 0.6 is 0 Å². The van der Waals surface area contributed by atoms with E-state index in [-0.39, 0.29) is 0 Å². The number of hydrogen-bond donors (Lipinski definition) is 2. The van der Waals surface area contributed by atoms with Gasteiger partial charge in [0.25, 0.3) is 0 Å². The third-order valence-corrected chi connectivity index (χ3v) is 2.91. The molecule has 3 rings (SSSR count). The van der Waals surface area contributed by atoms with E-state index in [4.69, 9.17) is 0 Å². The SMILES string of the molecule is OC1(Cc2cccc3cn[nH]c23)CC1. The van der Waals surface area contributed by atoms with E-state index in [0.29, 0.717) is 0 Å². The lowest BCUT2D eigenvalue weighted by Gasteiger charge is -2.07. The van der Waals surface area contributed by atoms with Gasteiger partial charge in [0.05, 0.1) is 17.3 Å². The molecule has 1 fully saturated rings. The number of para-hydroxylation sites is 1. The molecule has 0 amide bonds. The first-order valence-electron chi connectivity index (χ1n) is 4.90. The third-order valence-electron chi connectivity index (χ3n) is 2.91. The number of aromatic nitrogens is 2. The molecule has 2 N–H and O–H groups in total. The van der Waals surface area contributed by atoms with Crippen molar-refractivity contribution in [3.05, 3.63) is 30.0 Å². The fourth-order valence-electron chi connectivity index (χ4n) is 1.85. The molecule has 3 heteroatoms. The van der Waals surface area contributed by atoms with Gasteiger partial charge in [0.2, 0.25) is 0 Å². The lowest BCUT2D eigenvalue weighted by molar-refractivity contribution is 0.151. The molecule has 1 aliphatic carbocycles. The summed E-state index contributed by atoms with van der Waals surface area (Å²) in [6.45, 7) is 0. The van der Waals surface area contributed by atoms with Crippen molar-refractivity contribution in [1.82, 2.24) is 10.2 Å². The van der Waals surface area contributed by atoms with Crippen molar-refractivity contribution in [3.63, 3.8) is 0 Å². The number of benzene rings is 1. The highest BCUT2D eigenvalue weighted by Crippen LogP contribution is 2.39. The molecule has 0 bridgehead atoms. The molecule has 0 unspecified atom stereocenters. The fraction of sp³-hybridized carbons (Fsp3) is 0.364. The maximum Gasteiger partial charge on any atom is 0.0690 e. The van der Waals surface area contributed by atoms with Gasteiger partial charge in [-0.05, 0) is 18.4 Å². The number of H-pyrrole nitrogens is 1. The lowest BCUT2D eigenvalue weighted by atomic mass is 10.0. The first-order chi connectivity index (χ1) is 6.77. The topological polar surface area (TPSA) is 48.9 Å². The number of rotatable bonds is 2. The summed E-state index contributed by atoms with van der Waals surface area (Å²) in [7, 11) is 0. The van der Waals surface area contributed by atoms with Gasteiger partial charge in [-0.2, -0.15) is 5.10 Å². The van der Waals surface area contributed by atoms with Gasteiger partial charge in [-0.1, -0.05) is 18.2 Å². The zero-order chi connectivity index (χ0) is 9.60. The van der Waals surface area contributed by atoms with Crippen molar-refractivity contribution in [2.75, 3.05) is 0 Å². The van der Waals surface area contributed by atoms with Gasteiger partial charge in [-0.25, -0.2) is 0 Å². The maximum atomic E-state index is 9.84. The van der Waals surface area contributed by atoms with Crippen molar-refractivity contribution in [3.8, 4) is 0 Å². The lowest BCUT2D eigenvalue weighted by Crippen LogP contribution is -2.10. The van der Waals surface area contributed by atoms with E-state index in [1.54, 1.807) is 0 Å². The minimum Gasteiger partial charge on any atom is -0.390 e. The molecule has 2 aromatic rings. The number of hydrogen-bond acceptors (Lipinski definition) is 2. The smallest absolute Gasteiger partial charge is 0.0690 e. The predicted octanol–water partition coefficient (Wildman–Crippen LogP) is 1.63. The maximum absolute atomic E-state index is 9.84. The normalized spacial score (nSPS) is 18.6. The summed E-state index contributed by atoms with van der Waals surface area (Å²) >= 11 is 0. The predicted molar refractivity (Wildman–Crippen MR) is 54.0 cm³/mol. The Balaban J connectivity index is 2.06. The molecule has 1 aliphatic rings. The molecule has 14 heavy (non-hydrogen) atoms. The number of aliphatic hydroxyl groups is 1. The molecule has 0 radical (unpaired) electrons. The largest absolute Gasteiger partial charge is 0.390 e. The summed E-state index contributed by atoms with van der Waals surface area (Å²) in [6.07, 6.45) is 4.41. The number of nitrogens with one attached hydrogen (secondary N) is 1. The van der Waals surface area contributed by atoms with Gasteiger partial charge in [-0.15, -0.1) is 0 Å². The van der Waals surface area contributed by atoms with Crippen LogP contribution in [0.5, 0.6) is 0 Å². The van der Waals surface area contributed by atoms with Gasteiger partial charge in [0.1, 0.15) is 0 Å². The van der Waals surface area contributed by atoms with Gasteiger partial charge < -0.3 is 5.11 Å². The Kier molecular flexibility index (Phi) is 1.47. The quantitative estimate of drug-likeness (QED) is 0.752. The number of fused-ring (bicyclic) bond motifs is 1. The van der Waals surface area contributed by atoms with Crippen molar-refractivity contribution in [2.24, 2.45) is 0 Å². The van der Waals surface area contributed by atoms with Crippen LogP contribution in [0, 0.1) is 0 Å². The van der Waals surface area contributed by atoms with Crippen LogP contribution in [0.25, 0.3) is 10.9 Å². The van der Waals surface area contributed by atoms with E-state index < -0.39 is 5.60 Å². The van der Waals surface area contributed by atoms with Gasteiger partial charge in [0, 0.05) is 11.8 Å². The van der Waals surface area contributed by atoms with Crippen LogP contribution in [0.3, 0.4) is 0 Å². The summed E-state index contributed by atoms with van der Waals surface area (Å²) in [5.41, 5.74) is 1.80. The van der Waals surface area contributed by atoms with Crippen molar-refractivity contribution < 1.29 is 5.11 Å². The van der Waals surface area contributed by atoms with Crippen molar-refractivity contribution >= 4 is 10.9 Å². The summed E-state index contributed by atoms with van der Waals surface area (Å²) in [5, 5.41) is 17.9. The average Bonchev–Trinajstić information content (AvgIpc) is 2.73. The highest BCUT2D eigenvalue weighted by atomic mass is 16.3. The van der Waals surface area contributed by atoms with E-state index in [9.17, 15) is 5.11 Å². The van der Waals surface area contributed by atoms with Gasteiger partial charge >= 0.3 is 0 Å². The Morgan fingerprint density at radius 3 is 3.07 bits per heavy atom. The molecule has 0 atom stereocenters. The van der Waals surface area contributed by atoms with E-state index >= 15 is 0 Å². The molecule has 1 saturated carbocycles. The number of nitrogens with zero attached hydrogens (tertiary/aromatic N) is 1. The zero-order valence-electron chi connectivity index (χ0n) is 7.83. The molecular weight excluding hydrogens is 176 g/mol. The molecule has 1 aromatic heterocycles. The van der Waals surface area contributed by atoms with Crippen LogP contribution < -0.4 is 0 Å². The highest BCUT2D eigenvalue weighted by Gasteiger charge is 2.40. The molecule has 1 heterocycles. The molecular formula is C11H12N2O. The summed E-state index contributed by atoms with van der Waals surface area (Å²) in [5.74, 6) is 0. The van der Waals surface area contributed by atoms with Crippen LogP contribution in [-0.2, 0) is 6.42 Å². The van der Waals surface area contributed by atoms with Crippen molar-refractivity contribution in [2.45, 2.75) is 24.9 Å². The monoisotopic (exact) mass is 188 g/mol. The average molecular weight is 188 g/mol. The Morgan fingerprint density at radius 2 is 2.29 bits per heavy atom. The number of aromatic amines is 1. The van der Waals surface area contributed by atoms with E-state index in [0.717, 1.165) is 30.2 Å². The van der Waals surface area contributed by atoms with Crippen LogP contribution in [0.1, 0.15) is 18.4 Å². The van der Waals surface area contributed by atoms with Crippen LogP contribution in [0.15, 0.2) is 24.4 Å². The Morgan fingerprint density at radius 1 is 1.43 bits per heavy atom. The second-order valence-corrected chi connectivity index (χ2v) is 4.15. The zero-order valence-corrected chi connectivity index (χ0v) is 7.83. The van der Waals surface area contributed by atoms with Gasteiger partial charge in [0.15, 0.2) is 0 Å². The minimum absolute atomic E-state index is 0.431. The molecule has 72 valence electrons. The second kappa shape index (κ2) is 2.58. The molecule has 0 saturated heterocycles. The molecule has 1 aromatic carbocycles. The van der Waals surface area contributed by atoms with Crippen LogP contribution in [-0.4, -0.2) is 20.9 Å². The molecule has 0 spiro atoms. The standard InChI is InChI=1S/C11H12N2O/c14-11(4-5-11)6-8-2-1-3-9-7-12-13-10(8)9/h1-3,7,14H,4-6H2,(H,12,13). The van der Waals surface area contributed by atoms with Crippen LogP contribution in [0.2, 0.25) is 0 Å².